The molecule has 4 heteroatoms. The lowest BCUT2D eigenvalue weighted by molar-refractivity contribution is 0.577. The third kappa shape index (κ3) is 3.35. The van der Waals surface area contributed by atoms with Crippen LogP contribution >= 0.6 is 0 Å². The average molecular weight is 167 g/mol. The Balaban J connectivity index is 3.58. The van der Waals surface area contributed by atoms with Gasteiger partial charge in [-0.2, -0.15) is 0 Å². The van der Waals surface area contributed by atoms with Crippen LogP contribution in [0.25, 0.3) is 0 Å². The zero-order valence-electron chi connectivity index (χ0n) is 5.62. The molecule has 3 atom stereocenters. The lowest BCUT2D eigenvalue weighted by Gasteiger charge is -2.12. The van der Waals surface area contributed by atoms with Crippen molar-refractivity contribution in [1.82, 2.24) is 0 Å². The molecule has 3 unspecified atom stereocenters. The zero-order chi connectivity index (χ0) is 7.44. The van der Waals surface area contributed by atoms with Gasteiger partial charge in [0.05, 0.1) is 0 Å². The van der Waals surface area contributed by atoms with Crippen LogP contribution in [0.15, 0.2) is 0 Å². The largest absolute Gasteiger partial charge is 0.572 e. The maximum absolute atomic E-state index is 10.8. The SMILES string of the molecule is [CH2]CC(C)[S+]([O-])[S+](C)[O-]. The van der Waals surface area contributed by atoms with Gasteiger partial charge in [-0.15, -0.1) is 0 Å². The fraction of sp³-hybridized carbons (Fsp3) is 0.800. The number of rotatable bonds is 3. The summed E-state index contributed by atoms with van der Waals surface area (Å²) in [6, 6.07) is 0. The molecule has 0 aliphatic heterocycles. The smallest absolute Gasteiger partial charge is 0.173 e. The molecule has 0 rings (SSSR count). The standard InChI is InChI=1S/C5H11O2S2/c1-4-5(2)9(7)8(3)6/h5H,1,4H2,2-3H3. The van der Waals surface area contributed by atoms with Crippen molar-refractivity contribution in [3.8, 4) is 0 Å². The Labute approximate surface area is 61.8 Å². The number of hydrogen-bond acceptors (Lipinski definition) is 2. The van der Waals surface area contributed by atoms with Gasteiger partial charge >= 0.3 is 0 Å². The minimum Gasteiger partial charge on any atom is -0.572 e. The highest BCUT2D eigenvalue weighted by atomic mass is 33.2. The molecule has 0 aromatic rings. The van der Waals surface area contributed by atoms with Crippen molar-refractivity contribution in [2.75, 3.05) is 6.26 Å². The van der Waals surface area contributed by atoms with Gasteiger partial charge in [-0.25, -0.2) is 0 Å². The third-order valence-corrected chi connectivity index (χ3v) is 4.70. The first-order chi connectivity index (χ1) is 4.09. The summed E-state index contributed by atoms with van der Waals surface area (Å²) >= 11 is 0. The van der Waals surface area contributed by atoms with Crippen LogP contribution in [0.1, 0.15) is 13.3 Å². The molecule has 1 radical (unpaired) electrons. The average Bonchev–Trinajstić information content (AvgIpc) is 1.84. The molecule has 0 fully saturated rings. The van der Waals surface area contributed by atoms with Crippen molar-refractivity contribution in [3.63, 3.8) is 0 Å². The molecule has 0 aliphatic rings. The summed E-state index contributed by atoms with van der Waals surface area (Å²) in [6.07, 6.45) is 2.02. The van der Waals surface area contributed by atoms with Crippen molar-refractivity contribution >= 4 is 20.4 Å². The van der Waals surface area contributed by atoms with Gasteiger partial charge in [0.2, 0.25) is 0 Å². The molecule has 55 valence electrons. The second kappa shape index (κ2) is 4.44. The summed E-state index contributed by atoms with van der Waals surface area (Å²) in [4.78, 5) is 0. The van der Waals surface area contributed by atoms with Crippen LogP contribution in [0.3, 0.4) is 0 Å². The summed E-state index contributed by atoms with van der Waals surface area (Å²) in [5, 5.41) is -0.0455. The van der Waals surface area contributed by atoms with Gasteiger partial charge in [0.15, 0.2) is 25.7 Å². The van der Waals surface area contributed by atoms with E-state index in [2.05, 4.69) is 6.92 Å². The van der Waals surface area contributed by atoms with Crippen LogP contribution in [0.4, 0.5) is 0 Å². The molecule has 0 saturated heterocycles. The Kier molecular flexibility index (Phi) is 4.74. The van der Waals surface area contributed by atoms with E-state index in [1.165, 1.54) is 6.26 Å². The first kappa shape index (κ1) is 9.62. The summed E-state index contributed by atoms with van der Waals surface area (Å²) in [5.74, 6) is 0. The molecule has 0 amide bonds. The molecule has 0 aliphatic carbocycles. The van der Waals surface area contributed by atoms with E-state index in [0.29, 0.717) is 6.42 Å². The molecule has 0 aromatic carbocycles. The molecule has 0 bridgehead atoms. The van der Waals surface area contributed by atoms with Crippen molar-refractivity contribution in [1.29, 1.82) is 0 Å². The fourth-order valence-electron chi connectivity index (χ4n) is 0.328. The van der Waals surface area contributed by atoms with Crippen molar-refractivity contribution in [2.24, 2.45) is 0 Å². The lowest BCUT2D eigenvalue weighted by atomic mass is 10.4. The van der Waals surface area contributed by atoms with E-state index in [1.807, 2.05) is 0 Å². The third-order valence-electron chi connectivity index (χ3n) is 0.966. The Morgan fingerprint density at radius 3 is 2.11 bits per heavy atom. The molecule has 0 spiro atoms. The van der Waals surface area contributed by atoms with E-state index >= 15 is 0 Å². The van der Waals surface area contributed by atoms with Gasteiger partial charge in [-0.05, 0) is 20.3 Å². The van der Waals surface area contributed by atoms with E-state index in [4.69, 9.17) is 0 Å². The quantitative estimate of drug-likeness (QED) is 0.457. The van der Waals surface area contributed by atoms with Crippen LogP contribution in [0.5, 0.6) is 0 Å². The minimum atomic E-state index is -1.21. The van der Waals surface area contributed by atoms with Crippen molar-refractivity contribution in [2.45, 2.75) is 18.6 Å². The lowest BCUT2D eigenvalue weighted by Crippen LogP contribution is -2.24. The van der Waals surface area contributed by atoms with Crippen LogP contribution in [-0.4, -0.2) is 20.6 Å². The van der Waals surface area contributed by atoms with Gasteiger partial charge in [-0.1, -0.05) is 0 Å². The Hall–Kier alpha value is 0.620. The van der Waals surface area contributed by atoms with E-state index in [0.717, 1.165) is 0 Å². The predicted octanol–water partition coefficient (Wildman–Crippen LogP) is 0.641. The number of hydrogen-bond donors (Lipinski definition) is 0. The van der Waals surface area contributed by atoms with Crippen LogP contribution in [0, 0.1) is 6.92 Å². The molecule has 9 heavy (non-hydrogen) atoms. The molecule has 2 nitrogen and oxygen atoms in total. The van der Waals surface area contributed by atoms with Gasteiger partial charge in [0, 0.05) is 0 Å². The van der Waals surface area contributed by atoms with E-state index in [1.54, 1.807) is 6.92 Å². The second-order valence-electron chi connectivity index (χ2n) is 1.76. The topological polar surface area (TPSA) is 46.1 Å². The first-order valence-electron chi connectivity index (χ1n) is 2.63. The van der Waals surface area contributed by atoms with Gasteiger partial charge in [-0.3, -0.25) is 0 Å². The van der Waals surface area contributed by atoms with Gasteiger partial charge in [0.1, 0.15) is 6.26 Å². The monoisotopic (exact) mass is 167 g/mol. The van der Waals surface area contributed by atoms with E-state index < -0.39 is 20.4 Å². The summed E-state index contributed by atoms with van der Waals surface area (Å²) in [7, 11) is -2.41. The first-order valence-corrected chi connectivity index (χ1v) is 5.92. The highest BCUT2D eigenvalue weighted by Gasteiger charge is 2.25. The normalized spacial score (nSPS) is 21.0. The Morgan fingerprint density at radius 2 is 2.00 bits per heavy atom. The van der Waals surface area contributed by atoms with Gasteiger partial charge in [0.25, 0.3) is 0 Å². The summed E-state index contributed by atoms with van der Waals surface area (Å²) in [5.41, 5.74) is 0. The maximum atomic E-state index is 10.8. The highest BCUT2D eigenvalue weighted by Crippen LogP contribution is 2.11. The van der Waals surface area contributed by atoms with Gasteiger partial charge < -0.3 is 9.11 Å². The minimum absolute atomic E-state index is 0.0455. The zero-order valence-corrected chi connectivity index (χ0v) is 7.26. The van der Waals surface area contributed by atoms with Crippen molar-refractivity contribution in [3.05, 3.63) is 6.92 Å². The highest BCUT2D eigenvalue weighted by molar-refractivity contribution is 8.67. The fourth-order valence-corrected chi connectivity index (χ4v) is 2.66. The summed E-state index contributed by atoms with van der Waals surface area (Å²) < 4.78 is 21.4. The molecular weight excluding hydrogens is 156 g/mol. The van der Waals surface area contributed by atoms with Crippen LogP contribution in [0.2, 0.25) is 0 Å². The summed E-state index contributed by atoms with van der Waals surface area (Å²) in [6.45, 7) is 5.34. The van der Waals surface area contributed by atoms with E-state index in [9.17, 15) is 9.11 Å². The maximum Gasteiger partial charge on any atom is 0.173 e. The molecule has 0 aromatic heterocycles. The van der Waals surface area contributed by atoms with Crippen LogP contribution < -0.4 is 0 Å². The van der Waals surface area contributed by atoms with Crippen LogP contribution in [-0.2, 0) is 20.4 Å². The van der Waals surface area contributed by atoms with Crippen molar-refractivity contribution < 1.29 is 9.11 Å². The molecule has 0 heterocycles. The molecular formula is C5H11O2S2. The predicted molar refractivity (Wildman–Crippen MR) is 41.6 cm³/mol. The molecule has 0 N–H and O–H groups in total. The Bertz CT molecular complexity index is 77.4. The second-order valence-corrected chi connectivity index (χ2v) is 6.28. The Morgan fingerprint density at radius 1 is 1.56 bits per heavy atom. The van der Waals surface area contributed by atoms with E-state index in [-0.39, 0.29) is 5.25 Å². The molecule has 0 saturated carbocycles.